The van der Waals surface area contributed by atoms with Crippen LogP contribution in [0, 0.1) is 5.41 Å². The number of aliphatic hydroxyl groups excluding tert-OH is 1. The van der Waals surface area contributed by atoms with Crippen LogP contribution in [-0.4, -0.2) is 52.9 Å². The predicted molar refractivity (Wildman–Crippen MR) is 73.4 cm³/mol. The largest absolute Gasteiger partial charge is 0.481 e. The number of hydrogen-bond acceptors (Lipinski definition) is 3. The summed E-state index contributed by atoms with van der Waals surface area (Å²) in [6.07, 6.45) is 6.62. The summed E-state index contributed by atoms with van der Waals surface area (Å²) in [6.45, 7) is 0.445. The summed E-state index contributed by atoms with van der Waals surface area (Å²) >= 11 is 0. The number of carboxylic acid groups (broad SMARTS) is 1. The molecule has 0 spiro atoms. The van der Waals surface area contributed by atoms with Crippen LogP contribution in [-0.2, 0) is 4.79 Å². The number of nitrogens with one attached hydrogen (secondary N) is 1. The maximum Gasteiger partial charge on any atom is 0.317 e. The quantitative estimate of drug-likeness (QED) is 0.683. The standard InChI is InChI=1S/C14H24N2O4/c17-9-8-16(11-4-2-1-3-5-11)13(20)15-10-14(6-7-14)12(18)19/h11,17H,1-10H2,(H,15,20)(H,18,19). The van der Waals surface area contributed by atoms with Gasteiger partial charge in [-0.2, -0.15) is 0 Å². The van der Waals surface area contributed by atoms with E-state index in [1.165, 1.54) is 6.42 Å². The Kier molecular flexibility index (Phi) is 4.86. The molecule has 2 saturated carbocycles. The number of nitrogens with zero attached hydrogens (tertiary/aromatic N) is 1. The average molecular weight is 284 g/mol. The van der Waals surface area contributed by atoms with Gasteiger partial charge < -0.3 is 20.4 Å². The van der Waals surface area contributed by atoms with Gasteiger partial charge in [0.2, 0.25) is 0 Å². The molecule has 6 nitrogen and oxygen atoms in total. The fourth-order valence-electron chi connectivity index (χ4n) is 2.91. The van der Waals surface area contributed by atoms with Gasteiger partial charge >= 0.3 is 12.0 Å². The van der Waals surface area contributed by atoms with Crippen LogP contribution in [0.5, 0.6) is 0 Å². The van der Waals surface area contributed by atoms with E-state index in [9.17, 15) is 9.59 Å². The lowest BCUT2D eigenvalue weighted by atomic mass is 9.94. The van der Waals surface area contributed by atoms with Crippen molar-refractivity contribution in [2.75, 3.05) is 19.7 Å². The van der Waals surface area contributed by atoms with E-state index in [1.54, 1.807) is 4.90 Å². The molecular weight excluding hydrogens is 260 g/mol. The number of carbonyl (C=O) groups excluding carboxylic acids is 1. The number of amides is 2. The molecule has 0 heterocycles. The first-order valence-corrected chi connectivity index (χ1v) is 7.48. The van der Waals surface area contributed by atoms with Gasteiger partial charge in [-0.1, -0.05) is 19.3 Å². The molecule has 114 valence electrons. The van der Waals surface area contributed by atoms with E-state index in [0.29, 0.717) is 19.4 Å². The number of hydrogen-bond donors (Lipinski definition) is 3. The van der Waals surface area contributed by atoms with Crippen LogP contribution in [0.3, 0.4) is 0 Å². The van der Waals surface area contributed by atoms with Gasteiger partial charge in [0.25, 0.3) is 0 Å². The topological polar surface area (TPSA) is 89.9 Å². The molecule has 0 aromatic rings. The second-order valence-electron chi connectivity index (χ2n) is 5.95. The molecule has 6 heteroatoms. The van der Waals surface area contributed by atoms with E-state index in [2.05, 4.69) is 5.32 Å². The summed E-state index contributed by atoms with van der Waals surface area (Å²) in [5.74, 6) is -0.829. The zero-order valence-electron chi connectivity index (χ0n) is 11.8. The lowest BCUT2D eigenvalue weighted by Crippen LogP contribution is -2.49. The Balaban J connectivity index is 1.88. The van der Waals surface area contributed by atoms with E-state index in [1.807, 2.05) is 0 Å². The zero-order chi connectivity index (χ0) is 14.6. The third kappa shape index (κ3) is 3.42. The summed E-state index contributed by atoms with van der Waals surface area (Å²) in [4.78, 5) is 25.0. The summed E-state index contributed by atoms with van der Waals surface area (Å²) in [5, 5.41) is 21.0. The fraction of sp³-hybridized carbons (Fsp3) is 0.857. The van der Waals surface area contributed by atoms with Crippen molar-refractivity contribution in [2.45, 2.75) is 51.0 Å². The number of rotatable bonds is 6. The number of aliphatic carboxylic acids is 1. The SMILES string of the molecule is O=C(NCC1(C(=O)O)CC1)N(CCO)C1CCCCC1. The Morgan fingerprint density at radius 2 is 1.85 bits per heavy atom. The van der Waals surface area contributed by atoms with Crippen molar-refractivity contribution in [3.05, 3.63) is 0 Å². The number of carbonyl (C=O) groups is 2. The molecule has 2 aliphatic rings. The van der Waals surface area contributed by atoms with Crippen molar-refractivity contribution < 1.29 is 19.8 Å². The monoisotopic (exact) mass is 284 g/mol. The van der Waals surface area contributed by atoms with Gasteiger partial charge in [0.1, 0.15) is 0 Å². The highest BCUT2D eigenvalue weighted by molar-refractivity contribution is 5.80. The number of urea groups is 1. The highest BCUT2D eigenvalue weighted by atomic mass is 16.4. The van der Waals surface area contributed by atoms with Gasteiger partial charge in [-0.25, -0.2) is 4.79 Å². The second kappa shape index (κ2) is 6.43. The van der Waals surface area contributed by atoms with Crippen molar-refractivity contribution in [1.29, 1.82) is 0 Å². The molecule has 2 fully saturated rings. The van der Waals surface area contributed by atoms with Crippen LogP contribution < -0.4 is 5.32 Å². The van der Waals surface area contributed by atoms with Crippen molar-refractivity contribution >= 4 is 12.0 Å². The molecular formula is C14H24N2O4. The van der Waals surface area contributed by atoms with Gasteiger partial charge in [-0.15, -0.1) is 0 Å². The van der Waals surface area contributed by atoms with Crippen LogP contribution in [0.15, 0.2) is 0 Å². The van der Waals surface area contributed by atoms with Crippen LogP contribution in [0.4, 0.5) is 4.79 Å². The van der Waals surface area contributed by atoms with Gasteiger partial charge in [-0.05, 0) is 25.7 Å². The highest BCUT2D eigenvalue weighted by Crippen LogP contribution is 2.45. The molecule has 2 rings (SSSR count). The molecule has 0 aromatic carbocycles. The first kappa shape index (κ1) is 15.1. The van der Waals surface area contributed by atoms with Gasteiger partial charge in [0.05, 0.1) is 12.0 Å². The third-order valence-electron chi connectivity index (χ3n) is 4.50. The Morgan fingerprint density at radius 3 is 2.35 bits per heavy atom. The fourth-order valence-corrected chi connectivity index (χ4v) is 2.91. The average Bonchev–Trinajstić information content (AvgIpc) is 3.24. The normalized spacial score (nSPS) is 21.2. The van der Waals surface area contributed by atoms with Crippen molar-refractivity contribution in [3.8, 4) is 0 Å². The van der Waals surface area contributed by atoms with Gasteiger partial charge in [0.15, 0.2) is 0 Å². The van der Waals surface area contributed by atoms with Gasteiger partial charge in [0, 0.05) is 19.1 Å². The van der Waals surface area contributed by atoms with Crippen molar-refractivity contribution in [2.24, 2.45) is 5.41 Å². The van der Waals surface area contributed by atoms with Crippen LogP contribution in [0.2, 0.25) is 0 Å². The lowest BCUT2D eigenvalue weighted by Gasteiger charge is -2.34. The van der Waals surface area contributed by atoms with Crippen LogP contribution in [0.25, 0.3) is 0 Å². The second-order valence-corrected chi connectivity index (χ2v) is 5.95. The minimum Gasteiger partial charge on any atom is -0.481 e. The minimum atomic E-state index is -0.829. The number of aliphatic hydroxyl groups is 1. The van der Waals surface area contributed by atoms with E-state index in [-0.39, 0.29) is 25.2 Å². The van der Waals surface area contributed by atoms with E-state index in [4.69, 9.17) is 10.2 Å². The smallest absolute Gasteiger partial charge is 0.317 e. The highest BCUT2D eigenvalue weighted by Gasteiger charge is 2.50. The first-order chi connectivity index (χ1) is 9.59. The Morgan fingerprint density at radius 1 is 1.20 bits per heavy atom. The lowest BCUT2D eigenvalue weighted by molar-refractivity contribution is -0.143. The number of carboxylic acids is 1. The van der Waals surface area contributed by atoms with E-state index >= 15 is 0 Å². The molecule has 0 unspecified atom stereocenters. The predicted octanol–water partition coefficient (Wildman–Crippen LogP) is 1.19. The molecule has 2 amide bonds. The summed E-state index contributed by atoms with van der Waals surface area (Å²) in [5.41, 5.74) is -0.743. The molecule has 0 saturated heterocycles. The van der Waals surface area contributed by atoms with Crippen LogP contribution >= 0.6 is 0 Å². The van der Waals surface area contributed by atoms with Crippen molar-refractivity contribution in [3.63, 3.8) is 0 Å². The molecule has 0 aliphatic heterocycles. The summed E-state index contributed by atoms with van der Waals surface area (Å²) in [7, 11) is 0. The maximum absolute atomic E-state index is 12.2. The molecule has 2 aliphatic carbocycles. The van der Waals surface area contributed by atoms with Crippen molar-refractivity contribution in [1.82, 2.24) is 10.2 Å². The van der Waals surface area contributed by atoms with E-state index in [0.717, 1.165) is 25.7 Å². The van der Waals surface area contributed by atoms with Crippen LogP contribution in [0.1, 0.15) is 44.9 Å². The third-order valence-corrected chi connectivity index (χ3v) is 4.50. The molecule has 20 heavy (non-hydrogen) atoms. The molecule has 0 radical (unpaired) electrons. The maximum atomic E-state index is 12.2. The first-order valence-electron chi connectivity index (χ1n) is 7.48. The Bertz CT molecular complexity index is 362. The summed E-state index contributed by atoms with van der Waals surface area (Å²) < 4.78 is 0. The van der Waals surface area contributed by atoms with Gasteiger partial charge in [-0.3, -0.25) is 4.79 Å². The minimum absolute atomic E-state index is 0.0615. The zero-order valence-corrected chi connectivity index (χ0v) is 11.8. The Hall–Kier alpha value is -1.30. The molecule has 3 N–H and O–H groups in total. The Labute approximate surface area is 119 Å². The molecule has 0 bridgehead atoms. The molecule has 0 aromatic heterocycles. The molecule has 0 atom stereocenters. The summed E-state index contributed by atoms with van der Waals surface area (Å²) in [6, 6.07) is -0.0608. The van der Waals surface area contributed by atoms with E-state index < -0.39 is 11.4 Å².